The highest BCUT2D eigenvalue weighted by atomic mass is 35.5. The molecule has 2 rings (SSSR count). The SMILES string of the molecule is CC(=O)N(C)n1nc(C#N)c(S(=O)C(F)(F)F)c1-c1c(Cl)cc(C(F)(F)F)cc1Cl. The number of aromatic nitrogens is 2. The molecule has 0 aliphatic carbocycles. The number of carbonyl (C=O) groups excluding carboxylic acids is 1. The first kappa shape index (κ1) is 24.0. The van der Waals surface area contributed by atoms with Crippen LogP contribution in [0.4, 0.5) is 26.3 Å². The maximum Gasteiger partial charge on any atom is 0.476 e. The molecule has 0 spiro atoms. The fraction of sp³-hybridized carbons (Fsp3) is 0.267. The number of hydrogen-bond donors (Lipinski definition) is 0. The molecule has 1 heterocycles. The summed E-state index contributed by atoms with van der Waals surface area (Å²) in [6, 6.07) is 2.10. The molecule has 1 amide bonds. The topological polar surface area (TPSA) is 79.0 Å². The van der Waals surface area contributed by atoms with E-state index in [0.717, 1.165) is 14.0 Å². The van der Waals surface area contributed by atoms with Gasteiger partial charge in [0.2, 0.25) is 5.91 Å². The molecule has 15 heteroatoms. The number of carbonyl (C=O) groups is 1. The van der Waals surface area contributed by atoms with E-state index in [9.17, 15) is 40.6 Å². The number of nitriles is 1. The van der Waals surface area contributed by atoms with Crippen LogP contribution in [0, 0.1) is 11.3 Å². The monoisotopic (exact) mass is 492 g/mol. The summed E-state index contributed by atoms with van der Waals surface area (Å²) in [5.74, 6) is -0.785. The van der Waals surface area contributed by atoms with Gasteiger partial charge in [0.05, 0.1) is 15.6 Å². The second-order valence-corrected chi connectivity index (χ2v) is 7.82. The van der Waals surface area contributed by atoms with Crippen molar-refractivity contribution in [3.05, 3.63) is 33.4 Å². The van der Waals surface area contributed by atoms with Gasteiger partial charge in [-0.3, -0.25) is 4.79 Å². The van der Waals surface area contributed by atoms with Crippen molar-refractivity contribution in [2.24, 2.45) is 0 Å². The molecule has 0 aliphatic heterocycles. The highest BCUT2D eigenvalue weighted by Crippen LogP contribution is 2.44. The minimum atomic E-state index is -5.37. The third kappa shape index (κ3) is 4.40. The van der Waals surface area contributed by atoms with Crippen molar-refractivity contribution in [3.8, 4) is 17.3 Å². The smallest absolute Gasteiger partial charge is 0.273 e. The third-order valence-corrected chi connectivity index (χ3v) is 5.45. The van der Waals surface area contributed by atoms with E-state index in [1.807, 2.05) is 0 Å². The third-order valence-electron chi connectivity index (χ3n) is 3.67. The Hall–Kier alpha value is -2.30. The zero-order valence-corrected chi connectivity index (χ0v) is 17.0. The Bertz CT molecular complexity index is 1070. The fourth-order valence-corrected chi connectivity index (χ4v) is 3.80. The average Bonchev–Trinajstić information content (AvgIpc) is 2.96. The van der Waals surface area contributed by atoms with Crippen molar-refractivity contribution in [2.75, 3.05) is 12.1 Å². The minimum absolute atomic E-state index is 0.389. The Balaban J connectivity index is 3.01. The second kappa shape index (κ2) is 8.09. The van der Waals surface area contributed by atoms with Crippen LogP contribution in [0.1, 0.15) is 18.2 Å². The molecule has 1 unspecified atom stereocenters. The lowest BCUT2D eigenvalue weighted by molar-refractivity contribution is -0.137. The summed E-state index contributed by atoms with van der Waals surface area (Å²) < 4.78 is 90.7. The lowest BCUT2D eigenvalue weighted by Crippen LogP contribution is -2.36. The summed E-state index contributed by atoms with van der Waals surface area (Å²) in [5, 5.41) is 11.8. The molecular weight excluding hydrogens is 485 g/mol. The Morgan fingerprint density at radius 2 is 1.70 bits per heavy atom. The summed E-state index contributed by atoms with van der Waals surface area (Å²) >= 11 is 11.8. The first-order valence-corrected chi connectivity index (χ1v) is 9.34. The number of alkyl halides is 6. The standard InChI is InChI=1S/C15H8Cl2F6N4O2S/c1-6(28)26(2)27-12(13(10(5-24)25-27)30(29)15(21,22)23)11-8(16)3-7(4-9(11)17)14(18,19)20/h3-4H,1-2H3. The van der Waals surface area contributed by atoms with E-state index in [-0.39, 0.29) is 0 Å². The number of benzene rings is 1. The van der Waals surface area contributed by atoms with Crippen molar-refractivity contribution in [3.63, 3.8) is 0 Å². The van der Waals surface area contributed by atoms with Crippen LogP contribution < -0.4 is 5.01 Å². The number of amides is 1. The fourth-order valence-electron chi connectivity index (χ4n) is 2.28. The summed E-state index contributed by atoms with van der Waals surface area (Å²) in [6.45, 7) is 0.994. The van der Waals surface area contributed by atoms with Gasteiger partial charge in [0.1, 0.15) is 16.7 Å². The number of rotatable bonds is 3. The summed E-state index contributed by atoms with van der Waals surface area (Å²) in [6.07, 6.45) is -4.88. The summed E-state index contributed by atoms with van der Waals surface area (Å²) in [4.78, 5) is 11.0. The van der Waals surface area contributed by atoms with Crippen LogP contribution in [-0.2, 0) is 21.8 Å². The molecule has 0 saturated carbocycles. The van der Waals surface area contributed by atoms with Gasteiger partial charge in [0.25, 0.3) is 0 Å². The highest BCUT2D eigenvalue weighted by molar-refractivity contribution is 7.86. The first-order valence-electron chi connectivity index (χ1n) is 7.44. The van der Waals surface area contributed by atoms with Crippen molar-refractivity contribution < 1.29 is 35.3 Å². The van der Waals surface area contributed by atoms with Crippen LogP contribution in [0.3, 0.4) is 0 Å². The summed E-state index contributed by atoms with van der Waals surface area (Å²) in [7, 11) is -2.81. The van der Waals surface area contributed by atoms with Gasteiger partial charge >= 0.3 is 11.7 Å². The minimum Gasteiger partial charge on any atom is -0.273 e. The molecular formula is C15H8Cl2F6N4O2S. The molecule has 0 radical (unpaired) electrons. The van der Waals surface area contributed by atoms with Crippen molar-refractivity contribution in [2.45, 2.75) is 23.5 Å². The lowest BCUT2D eigenvalue weighted by Gasteiger charge is -2.20. The number of hydrogen-bond acceptors (Lipinski definition) is 4. The Morgan fingerprint density at radius 1 is 1.20 bits per heavy atom. The van der Waals surface area contributed by atoms with E-state index in [0.29, 0.717) is 21.9 Å². The zero-order chi connectivity index (χ0) is 23.2. The second-order valence-electron chi connectivity index (χ2n) is 5.60. The van der Waals surface area contributed by atoms with E-state index in [1.54, 1.807) is 0 Å². The van der Waals surface area contributed by atoms with E-state index >= 15 is 0 Å². The van der Waals surface area contributed by atoms with E-state index in [1.165, 1.54) is 6.07 Å². The van der Waals surface area contributed by atoms with Crippen molar-refractivity contribution in [1.82, 2.24) is 9.89 Å². The van der Waals surface area contributed by atoms with Gasteiger partial charge in [0, 0.05) is 19.5 Å². The zero-order valence-electron chi connectivity index (χ0n) is 14.7. The first-order chi connectivity index (χ1) is 13.6. The highest BCUT2D eigenvalue weighted by Gasteiger charge is 2.44. The Morgan fingerprint density at radius 3 is 2.07 bits per heavy atom. The van der Waals surface area contributed by atoms with Crippen LogP contribution in [0.5, 0.6) is 0 Å². The molecule has 1 atom stereocenters. The van der Waals surface area contributed by atoms with Crippen LogP contribution >= 0.6 is 23.2 Å². The van der Waals surface area contributed by atoms with Gasteiger partial charge < -0.3 is 0 Å². The molecule has 0 N–H and O–H groups in total. The quantitative estimate of drug-likeness (QED) is 0.591. The molecule has 6 nitrogen and oxygen atoms in total. The number of halogens is 8. The van der Waals surface area contributed by atoms with Gasteiger partial charge in [-0.1, -0.05) is 23.2 Å². The Kier molecular flexibility index (Phi) is 6.46. The molecule has 0 aliphatic rings. The Labute approximate surface area is 177 Å². The van der Waals surface area contributed by atoms with Gasteiger partial charge in [-0.15, -0.1) is 5.10 Å². The summed E-state index contributed by atoms with van der Waals surface area (Å²) in [5.41, 5.74) is -9.09. The van der Waals surface area contributed by atoms with E-state index in [4.69, 9.17) is 23.2 Å². The van der Waals surface area contributed by atoms with Crippen LogP contribution in [0.2, 0.25) is 10.0 Å². The van der Waals surface area contributed by atoms with Crippen molar-refractivity contribution >= 4 is 39.9 Å². The van der Waals surface area contributed by atoms with Gasteiger partial charge in [-0.2, -0.15) is 36.4 Å². The normalized spacial score (nSPS) is 13.1. The lowest BCUT2D eigenvalue weighted by atomic mass is 10.1. The van der Waals surface area contributed by atoms with Crippen molar-refractivity contribution in [1.29, 1.82) is 5.26 Å². The van der Waals surface area contributed by atoms with E-state index < -0.39 is 65.8 Å². The maximum atomic E-state index is 13.2. The van der Waals surface area contributed by atoms with Gasteiger partial charge in [0.15, 0.2) is 16.5 Å². The number of nitrogens with zero attached hydrogens (tertiary/aromatic N) is 4. The molecule has 0 fully saturated rings. The van der Waals surface area contributed by atoms with Gasteiger partial charge in [-0.25, -0.2) is 9.22 Å². The van der Waals surface area contributed by atoms with Crippen LogP contribution in [-0.4, -0.2) is 32.6 Å². The van der Waals surface area contributed by atoms with Gasteiger partial charge in [-0.05, 0) is 12.1 Å². The molecule has 2 aromatic rings. The van der Waals surface area contributed by atoms with E-state index in [2.05, 4.69) is 5.10 Å². The maximum absolute atomic E-state index is 13.2. The van der Waals surface area contributed by atoms with Crippen LogP contribution in [0.15, 0.2) is 17.0 Å². The average molecular weight is 493 g/mol. The predicted octanol–water partition coefficient (Wildman–Crippen LogP) is 4.49. The van der Waals surface area contributed by atoms with Crippen LogP contribution in [0.25, 0.3) is 11.3 Å². The molecule has 30 heavy (non-hydrogen) atoms. The molecule has 1 aromatic carbocycles. The molecule has 0 bridgehead atoms. The predicted molar refractivity (Wildman–Crippen MR) is 94.7 cm³/mol. The molecule has 162 valence electrons. The molecule has 1 aromatic heterocycles. The largest absolute Gasteiger partial charge is 0.476 e. The molecule has 0 saturated heterocycles.